The van der Waals surface area contributed by atoms with Crippen molar-refractivity contribution >= 4 is 11.6 Å². The monoisotopic (exact) mass is 265 g/mol. The summed E-state index contributed by atoms with van der Waals surface area (Å²) < 4.78 is 0. The van der Waals surface area contributed by atoms with Gasteiger partial charge in [0, 0.05) is 11.1 Å². The van der Waals surface area contributed by atoms with Gasteiger partial charge in [-0.2, -0.15) is 0 Å². The molecule has 0 saturated carbocycles. The molecule has 0 amide bonds. The van der Waals surface area contributed by atoms with E-state index in [-0.39, 0.29) is 0 Å². The molecule has 1 aromatic carbocycles. The molecule has 0 bridgehead atoms. The van der Waals surface area contributed by atoms with Gasteiger partial charge in [-0.3, -0.25) is 0 Å². The van der Waals surface area contributed by atoms with Crippen molar-refractivity contribution in [1.82, 2.24) is 5.32 Å². The summed E-state index contributed by atoms with van der Waals surface area (Å²) in [4.78, 5) is 0. The molecule has 1 aromatic rings. The van der Waals surface area contributed by atoms with Crippen LogP contribution >= 0.6 is 11.6 Å². The molecule has 1 nitrogen and oxygen atoms in total. The lowest BCUT2D eigenvalue weighted by molar-refractivity contribution is 0.521. The maximum absolute atomic E-state index is 6.21. The molecular formula is C16H24ClN. The second kappa shape index (κ2) is 7.60. The van der Waals surface area contributed by atoms with E-state index in [1.165, 1.54) is 16.7 Å². The fraction of sp³-hybridized carbons (Fsp3) is 0.500. The molecule has 1 atom stereocenters. The Morgan fingerprint density at radius 1 is 1.39 bits per heavy atom. The normalized spacial score (nSPS) is 12.4. The maximum atomic E-state index is 6.21. The number of benzene rings is 1. The zero-order chi connectivity index (χ0) is 13.5. The smallest absolute Gasteiger partial charge is 0.0438 e. The van der Waals surface area contributed by atoms with Crippen LogP contribution in [0.25, 0.3) is 0 Å². The first-order valence-electron chi connectivity index (χ1n) is 6.75. The van der Waals surface area contributed by atoms with Gasteiger partial charge in [0.1, 0.15) is 0 Å². The van der Waals surface area contributed by atoms with Crippen molar-refractivity contribution in [2.45, 2.75) is 46.1 Å². The molecule has 0 aliphatic rings. The number of hydrogen-bond donors (Lipinski definition) is 1. The van der Waals surface area contributed by atoms with Crippen LogP contribution in [-0.4, -0.2) is 6.54 Å². The first kappa shape index (κ1) is 15.3. The van der Waals surface area contributed by atoms with Crippen molar-refractivity contribution in [3.8, 4) is 0 Å². The Hall–Kier alpha value is -0.790. The van der Waals surface area contributed by atoms with Gasteiger partial charge in [0.05, 0.1) is 0 Å². The van der Waals surface area contributed by atoms with Crippen LogP contribution in [0.15, 0.2) is 30.4 Å². The second-order valence-electron chi connectivity index (χ2n) is 4.77. The lowest BCUT2D eigenvalue weighted by Crippen LogP contribution is -2.23. The first-order valence-corrected chi connectivity index (χ1v) is 7.12. The van der Waals surface area contributed by atoms with Gasteiger partial charge in [0.15, 0.2) is 0 Å². The predicted molar refractivity (Wildman–Crippen MR) is 81.3 cm³/mol. The molecule has 0 aliphatic heterocycles. The van der Waals surface area contributed by atoms with Crippen LogP contribution in [0.4, 0.5) is 0 Å². The van der Waals surface area contributed by atoms with E-state index in [9.17, 15) is 0 Å². The van der Waals surface area contributed by atoms with Crippen molar-refractivity contribution in [2.24, 2.45) is 0 Å². The van der Waals surface area contributed by atoms with E-state index in [1.54, 1.807) is 0 Å². The lowest BCUT2D eigenvalue weighted by atomic mass is 9.95. The minimum absolute atomic E-state index is 0.330. The molecule has 100 valence electrons. The van der Waals surface area contributed by atoms with E-state index in [0.29, 0.717) is 6.04 Å². The van der Waals surface area contributed by atoms with Crippen LogP contribution in [0.2, 0.25) is 5.02 Å². The van der Waals surface area contributed by atoms with Gasteiger partial charge in [-0.1, -0.05) is 49.7 Å². The van der Waals surface area contributed by atoms with E-state index >= 15 is 0 Å². The molecule has 0 radical (unpaired) electrons. The van der Waals surface area contributed by atoms with Crippen LogP contribution in [0.5, 0.6) is 0 Å². The molecule has 2 heteroatoms. The summed E-state index contributed by atoms with van der Waals surface area (Å²) in [5.41, 5.74) is 3.75. The Morgan fingerprint density at radius 2 is 2.11 bits per heavy atom. The van der Waals surface area contributed by atoms with E-state index < -0.39 is 0 Å². The Morgan fingerprint density at radius 3 is 2.72 bits per heavy atom. The fourth-order valence-corrected chi connectivity index (χ4v) is 2.23. The minimum atomic E-state index is 0.330. The average molecular weight is 266 g/mol. The number of nitrogens with one attached hydrogen (secondary N) is 1. The van der Waals surface area contributed by atoms with Crippen LogP contribution in [0.3, 0.4) is 0 Å². The molecule has 18 heavy (non-hydrogen) atoms. The highest BCUT2D eigenvalue weighted by Crippen LogP contribution is 2.28. The Balaban J connectivity index is 2.93. The molecule has 0 heterocycles. The summed E-state index contributed by atoms with van der Waals surface area (Å²) >= 11 is 6.21. The highest BCUT2D eigenvalue weighted by Gasteiger charge is 2.15. The van der Waals surface area contributed by atoms with Gasteiger partial charge in [0.25, 0.3) is 0 Å². The zero-order valence-corrected chi connectivity index (χ0v) is 12.5. The minimum Gasteiger partial charge on any atom is -0.310 e. The van der Waals surface area contributed by atoms with E-state index in [4.69, 9.17) is 11.6 Å². The molecule has 0 aromatic heterocycles. The molecule has 0 aliphatic carbocycles. The van der Waals surface area contributed by atoms with Gasteiger partial charge >= 0.3 is 0 Å². The average Bonchev–Trinajstić information content (AvgIpc) is 2.37. The fourth-order valence-electron chi connectivity index (χ4n) is 2.05. The van der Waals surface area contributed by atoms with Crippen molar-refractivity contribution in [1.29, 1.82) is 0 Å². The molecular weight excluding hydrogens is 242 g/mol. The Bertz CT molecular complexity index is 398. The predicted octanol–water partition coefficient (Wildman–Crippen LogP) is 5.05. The topological polar surface area (TPSA) is 12.0 Å². The van der Waals surface area contributed by atoms with Gasteiger partial charge in [-0.05, 0) is 49.9 Å². The quantitative estimate of drug-likeness (QED) is 0.681. The van der Waals surface area contributed by atoms with Crippen LogP contribution in [0, 0.1) is 6.92 Å². The lowest BCUT2D eigenvalue weighted by Gasteiger charge is -2.22. The van der Waals surface area contributed by atoms with Crippen molar-refractivity contribution in [2.75, 3.05) is 6.54 Å². The van der Waals surface area contributed by atoms with Gasteiger partial charge < -0.3 is 5.32 Å². The molecule has 0 spiro atoms. The summed E-state index contributed by atoms with van der Waals surface area (Å²) in [6.07, 6.45) is 3.15. The van der Waals surface area contributed by atoms with Crippen molar-refractivity contribution in [3.63, 3.8) is 0 Å². The molecule has 1 unspecified atom stereocenters. The summed E-state index contributed by atoms with van der Waals surface area (Å²) in [5, 5.41) is 4.44. The SMILES string of the molecule is C=C(CC)CC(NCCC)c1cccc(Cl)c1C. The second-order valence-corrected chi connectivity index (χ2v) is 5.18. The van der Waals surface area contributed by atoms with Crippen molar-refractivity contribution < 1.29 is 0 Å². The molecule has 0 fully saturated rings. The van der Waals surface area contributed by atoms with Crippen molar-refractivity contribution in [3.05, 3.63) is 46.5 Å². The highest BCUT2D eigenvalue weighted by atomic mass is 35.5. The Labute approximate surface area is 116 Å². The van der Waals surface area contributed by atoms with Crippen LogP contribution in [-0.2, 0) is 0 Å². The zero-order valence-electron chi connectivity index (χ0n) is 11.7. The molecule has 1 N–H and O–H groups in total. The number of rotatable bonds is 7. The van der Waals surface area contributed by atoms with Gasteiger partial charge in [-0.25, -0.2) is 0 Å². The third kappa shape index (κ3) is 4.15. The maximum Gasteiger partial charge on any atom is 0.0438 e. The van der Waals surface area contributed by atoms with Gasteiger partial charge in [-0.15, -0.1) is 0 Å². The molecule has 0 saturated heterocycles. The standard InChI is InChI=1S/C16H24ClN/c1-5-10-18-16(11-12(3)6-2)14-8-7-9-15(17)13(14)4/h7-9,16,18H,3,5-6,10-11H2,1-2,4H3. The Kier molecular flexibility index (Phi) is 6.45. The largest absolute Gasteiger partial charge is 0.310 e. The first-order chi connectivity index (χ1) is 8.60. The third-order valence-corrected chi connectivity index (χ3v) is 3.73. The van der Waals surface area contributed by atoms with Crippen LogP contribution < -0.4 is 5.32 Å². The number of hydrogen-bond acceptors (Lipinski definition) is 1. The van der Waals surface area contributed by atoms with Gasteiger partial charge in [0.2, 0.25) is 0 Å². The van der Waals surface area contributed by atoms with E-state index in [2.05, 4.69) is 38.7 Å². The van der Waals surface area contributed by atoms with E-state index in [1.807, 2.05) is 12.1 Å². The summed E-state index contributed by atoms with van der Waals surface area (Å²) in [5.74, 6) is 0. The highest BCUT2D eigenvalue weighted by molar-refractivity contribution is 6.31. The number of halogens is 1. The summed E-state index contributed by atoms with van der Waals surface area (Å²) in [6, 6.07) is 6.47. The van der Waals surface area contributed by atoms with E-state index in [0.717, 1.165) is 30.8 Å². The molecule has 1 rings (SSSR count). The van der Waals surface area contributed by atoms with Crippen LogP contribution in [0.1, 0.15) is 50.3 Å². The summed E-state index contributed by atoms with van der Waals surface area (Å²) in [7, 11) is 0. The third-order valence-electron chi connectivity index (χ3n) is 3.32. The summed E-state index contributed by atoms with van der Waals surface area (Å²) in [6.45, 7) is 11.6.